The number of likely N-dealkylation sites (tertiary alicyclic amines) is 1. The van der Waals surface area contributed by atoms with Gasteiger partial charge in [-0.2, -0.15) is 9.97 Å². The second kappa shape index (κ2) is 8.52. The second-order valence-corrected chi connectivity index (χ2v) is 9.36. The van der Waals surface area contributed by atoms with E-state index in [0.29, 0.717) is 67.2 Å². The van der Waals surface area contributed by atoms with Crippen LogP contribution < -0.4 is 4.90 Å². The van der Waals surface area contributed by atoms with Gasteiger partial charge in [-0.25, -0.2) is 14.4 Å². The number of para-hydroxylation sites is 2. The zero-order valence-electron chi connectivity index (χ0n) is 20.5. The Kier molecular flexibility index (Phi) is 5.41. The number of aryl methyl sites for hydroxylation is 2. The Hall–Kier alpha value is -3.57. The van der Waals surface area contributed by atoms with E-state index in [2.05, 4.69) is 18.4 Å². The van der Waals surface area contributed by atoms with Gasteiger partial charge >= 0.3 is 0 Å². The molecule has 188 valence electrons. The fraction of sp³-hybridized carbons (Fsp3) is 0.440. The highest BCUT2D eigenvalue weighted by Gasteiger charge is 2.49. The number of anilines is 1. The molecule has 0 atom stereocenters. The lowest BCUT2D eigenvalue weighted by Crippen LogP contribution is -2.57. The molecule has 3 aromatic heterocycles. The number of benzene rings is 1. The van der Waals surface area contributed by atoms with Crippen LogP contribution in [0.1, 0.15) is 18.6 Å². The zero-order valence-corrected chi connectivity index (χ0v) is 20.5. The molecule has 36 heavy (non-hydrogen) atoms. The van der Waals surface area contributed by atoms with E-state index in [-0.39, 0.29) is 19.7 Å². The second-order valence-electron chi connectivity index (χ2n) is 9.36. The lowest BCUT2D eigenvalue weighted by molar-refractivity contribution is -0.0282. The molecule has 10 nitrogen and oxygen atoms in total. The minimum Gasteiger partial charge on any atom is -0.390 e. The van der Waals surface area contributed by atoms with Gasteiger partial charge in [0.1, 0.15) is 5.82 Å². The Morgan fingerprint density at radius 1 is 1.14 bits per heavy atom. The van der Waals surface area contributed by atoms with Crippen molar-refractivity contribution in [3.05, 3.63) is 48.2 Å². The van der Waals surface area contributed by atoms with Crippen LogP contribution in [0.25, 0.3) is 28.1 Å². The van der Waals surface area contributed by atoms with Crippen LogP contribution in [0, 0.1) is 0 Å². The van der Waals surface area contributed by atoms with Crippen molar-refractivity contribution >= 4 is 28.0 Å². The lowest BCUT2D eigenvalue weighted by Gasteiger charge is -2.45. The minimum atomic E-state index is -1.67. The number of hydrogen-bond donors (Lipinski definition) is 1. The first-order valence-electron chi connectivity index (χ1n) is 12.2. The first-order valence-corrected chi connectivity index (χ1v) is 12.2. The third kappa shape index (κ3) is 3.45. The van der Waals surface area contributed by atoms with Crippen molar-refractivity contribution in [2.45, 2.75) is 19.0 Å². The monoisotopic (exact) mass is 492 g/mol. The smallest absolute Gasteiger partial charge is 0.239 e. The van der Waals surface area contributed by atoms with E-state index in [4.69, 9.17) is 24.7 Å². The van der Waals surface area contributed by atoms with Crippen LogP contribution in [-0.4, -0.2) is 85.1 Å². The first-order chi connectivity index (χ1) is 17.4. The summed E-state index contributed by atoms with van der Waals surface area (Å²) in [6.45, 7) is 8.32. The van der Waals surface area contributed by atoms with Gasteiger partial charge in [0, 0.05) is 32.3 Å². The maximum atomic E-state index is 16.0. The largest absolute Gasteiger partial charge is 0.390 e. The average molecular weight is 493 g/mol. The minimum absolute atomic E-state index is 0.0862. The molecular weight excluding hydrogens is 463 g/mol. The van der Waals surface area contributed by atoms with Crippen LogP contribution in [-0.2, 0) is 23.9 Å². The molecule has 2 fully saturated rings. The number of aliphatic hydroxyl groups excluding tert-OH is 1. The van der Waals surface area contributed by atoms with Crippen LogP contribution in [0.4, 0.5) is 10.2 Å². The average Bonchev–Trinajstić information content (AvgIpc) is 3.44. The molecule has 1 N–H and O–H groups in total. The number of aliphatic hydroxyl groups is 1. The Morgan fingerprint density at radius 2 is 1.89 bits per heavy atom. The van der Waals surface area contributed by atoms with E-state index in [0.717, 1.165) is 16.9 Å². The molecule has 0 aliphatic carbocycles. The van der Waals surface area contributed by atoms with E-state index in [1.165, 1.54) is 0 Å². The summed E-state index contributed by atoms with van der Waals surface area (Å²) >= 11 is 0. The molecule has 0 radical (unpaired) electrons. The predicted octanol–water partition coefficient (Wildman–Crippen LogP) is 2.09. The normalized spacial score (nSPS) is 17.7. The SMILES string of the molecule is C=C(CO)N1CC(F)(c2nc3c(N4CCOCC4)nc(-n4c(CC)nc5ccccc54)nc3n2C)C1. The highest BCUT2D eigenvalue weighted by molar-refractivity contribution is 5.86. The molecule has 0 spiro atoms. The Labute approximate surface area is 207 Å². The van der Waals surface area contributed by atoms with Crippen LogP contribution in [0.5, 0.6) is 0 Å². The van der Waals surface area contributed by atoms with Gasteiger partial charge in [-0.3, -0.25) is 4.57 Å². The van der Waals surface area contributed by atoms with Gasteiger partial charge in [0.15, 0.2) is 22.8 Å². The molecule has 2 aliphatic heterocycles. The van der Waals surface area contributed by atoms with Gasteiger partial charge in [-0.1, -0.05) is 25.6 Å². The molecule has 5 heterocycles. The molecule has 4 aromatic rings. The molecule has 6 rings (SSSR count). The zero-order chi connectivity index (χ0) is 25.0. The predicted molar refractivity (Wildman–Crippen MR) is 134 cm³/mol. The fourth-order valence-corrected chi connectivity index (χ4v) is 5.09. The van der Waals surface area contributed by atoms with Crippen molar-refractivity contribution in [2.24, 2.45) is 7.05 Å². The van der Waals surface area contributed by atoms with Gasteiger partial charge in [0.25, 0.3) is 0 Å². The quantitative estimate of drug-likeness (QED) is 0.437. The molecule has 0 amide bonds. The van der Waals surface area contributed by atoms with E-state index in [9.17, 15) is 5.11 Å². The van der Waals surface area contributed by atoms with E-state index in [1.807, 2.05) is 28.8 Å². The van der Waals surface area contributed by atoms with Crippen LogP contribution in [0.15, 0.2) is 36.5 Å². The van der Waals surface area contributed by atoms with Crippen LogP contribution >= 0.6 is 0 Å². The van der Waals surface area contributed by atoms with Crippen LogP contribution in [0.3, 0.4) is 0 Å². The maximum absolute atomic E-state index is 16.0. The number of morpholine rings is 1. The number of ether oxygens (including phenoxy) is 1. The van der Waals surface area contributed by atoms with Crippen molar-refractivity contribution in [1.82, 2.24) is 34.0 Å². The number of rotatable bonds is 6. The first kappa shape index (κ1) is 22.9. The summed E-state index contributed by atoms with van der Waals surface area (Å²) in [5.41, 5.74) is 1.75. The highest BCUT2D eigenvalue weighted by Crippen LogP contribution is 2.39. The summed E-state index contributed by atoms with van der Waals surface area (Å²) in [6, 6.07) is 7.92. The molecule has 0 saturated carbocycles. The third-order valence-corrected chi connectivity index (χ3v) is 7.06. The standard InChI is InChI=1S/C25H29FN8O2/c1-4-19-27-17-7-5-6-8-18(17)34(19)24-29-21-20(22(30-24)32-9-11-36-12-10-32)28-23(31(21)3)25(26)14-33(15-25)16(2)13-35/h5-8,35H,2,4,9-15H2,1,3H3. The number of hydrogen-bond acceptors (Lipinski definition) is 8. The summed E-state index contributed by atoms with van der Waals surface area (Å²) in [5, 5.41) is 9.37. The molecule has 2 aliphatic rings. The topological polar surface area (TPSA) is 97.4 Å². The van der Waals surface area contributed by atoms with E-state index in [1.54, 1.807) is 16.5 Å². The number of halogens is 1. The number of aromatic nitrogens is 6. The van der Waals surface area contributed by atoms with E-state index >= 15 is 4.39 Å². The van der Waals surface area contributed by atoms with Crippen molar-refractivity contribution in [3.8, 4) is 5.95 Å². The summed E-state index contributed by atoms with van der Waals surface area (Å²) in [5.74, 6) is 2.30. The van der Waals surface area contributed by atoms with Gasteiger partial charge in [-0.15, -0.1) is 0 Å². The Bertz CT molecular complexity index is 1470. The van der Waals surface area contributed by atoms with Crippen LogP contribution in [0.2, 0.25) is 0 Å². The number of imidazole rings is 2. The van der Waals surface area contributed by atoms with Crippen molar-refractivity contribution in [1.29, 1.82) is 0 Å². The van der Waals surface area contributed by atoms with Gasteiger partial charge in [0.2, 0.25) is 11.6 Å². The van der Waals surface area contributed by atoms with E-state index < -0.39 is 5.67 Å². The highest BCUT2D eigenvalue weighted by atomic mass is 19.1. The molecular formula is C25H29FN8O2. The molecule has 0 unspecified atom stereocenters. The van der Waals surface area contributed by atoms with Crippen molar-refractivity contribution in [2.75, 3.05) is 50.9 Å². The molecule has 11 heteroatoms. The molecule has 1 aromatic carbocycles. The molecule has 2 saturated heterocycles. The number of fused-ring (bicyclic) bond motifs is 2. The van der Waals surface area contributed by atoms with Crippen molar-refractivity contribution < 1.29 is 14.2 Å². The molecule has 0 bridgehead atoms. The number of alkyl halides is 1. The Balaban J connectivity index is 1.54. The summed E-state index contributed by atoms with van der Waals surface area (Å²) in [6.07, 6.45) is 0.706. The summed E-state index contributed by atoms with van der Waals surface area (Å²) < 4.78 is 25.3. The van der Waals surface area contributed by atoms with Gasteiger partial charge < -0.3 is 24.2 Å². The lowest BCUT2D eigenvalue weighted by atomic mass is 9.94. The maximum Gasteiger partial charge on any atom is 0.239 e. The van der Waals surface area contributed by atoms with Crippen molar-refractivity contribution in [3.63, 3.8) is 0 Å². The van der Waals surface area contributed by atoms with Gasteiger partial charge in [-0.05, 0) is 12.1 Å². The summed E-state index contributed by atoms with van der Waals surface area (Å²) in [4.78, 5) is 23.3. The fourth-order valence-electron chi connectivity index (χ4n) is 5.09. The Morgan fingerprint density at radius 3 is 2.61 bits per heavy atom. The third-order valence-electron chi connectivity index (χ3n) is 7.06. The van der Waals surface area contributed by atoms with Gasteiger partial charge in [0.05, 0.1) is 43.9 Å². The summed E-state index contributed by atoms with van der Waals surface area (Å²) in [7, 11) is 1.79. The number of nitrogens with zero attached hydrogens (tertiary/aromatic N) is 8.